The van der Waals surface area contributed by atoms with E-state index >= 15 is 0 Å². The van der Waals surface area contributed by atoms with Gasteiger partial charge in [-0.3, -0.25) is 0 Å². The lowest BCUT2D eigenvalue weighted by Crippen LogP contribution is -2.27. The lowest BCUT2D eigenvalue weighted by atomic mass is 9.80. The summed E-state index contributed by atoms with van der Waals surface area (Å²) < 4.78 is 5.52. The van der Waals surface area contributed by atoms with Crippen molar-refractivity contribution in [3.05, 3.63) is 34.2 Å². The normalized spacial score (nSPS) is 16.3. The second-order valence-electron chi connectivity index (χ2n) is 6.64. The van der Waals surface area contributed by atoms with E-state index in [9.17, 15) is 4.91 Å². The second-order valence-corrected chi connectivity index (χ2v) is 6.64. The molecule has 1 N–H and O–H groups in total. The zero-order valence-corrected chi connectivity index (χ0v) is 14.7. The van der Waals surface area contributed by atoms with Crippen LogP contribution in [0.4, 0.5) is 0 Å². The van der Waals surface area contributed by atoms with Crippen molar-refractivity contribution in [2.75, 3.05) is 20.2 Å². The summed E-state index contributed by atoms with van der Waals surface area (Å²) in [6, 6.07) is 6.36. The summed E-state index contributed by atoms with van der Waals surface area (Å²) in [6.07, 6.45) is 5.76. The molecule has 1 aromatic carbocycles. The van der Waals surface area contributed by atoms with Crippen LogP contribution < -0.4 is 10.1 Å². The Morgan fingerprint density at radius 2 is 1.83 bits per heavy atom. The standard InChI is InChI=1S/C19H30N2O2/c1-4-8-19(21-22,9-5-2)17-12-16(13-18(14-17)23-3)15-6-10-20-11-7-15/h12-15,20H,4-11H2,1-3H3. The van der Waals surface area contributed by atoms with Gasteiger partial charge in [-0.15, -0.1) is 4.91 Å². The van der Waals surface area contributed by atoms with Crippen LogP contribution in [0.25, 0.3) is 0 Å². The fourth-order valence-corrected chi connectivity index (χ4v) is 3.78. The highest BCUT2D eigenvalue weighted by molar-refractivity contribution is 5.40. The Balaban J connectivity index is 2.44. The van der Waals surface area contributed by atoms with Crippen molar-refractivity contribution >= 4 is 0 Å². The second kappa shape index (κ2) is 8.44. The van der Waals surface area contributed by atoms with E-state index in [4.69, 9.17) is 4.74 Å². The zero-order chi connectivity index (χ0) is 16.7. The molecule has 128 valence electrons. The smallest absolute Gasteiger partial charge is 0.128 e. The van der Waals surface area contributed by atoms with Gasteiger partial charge in [0.1, 0.15) is 11.3 Å². The Morgan fingerprint density at radius 3 is 2.35 bits per heavy atom. The van der Waals surface area contributed by atoms with Crippen LogP contribution in [0.1, 0.15) is 69.4 Å². The molecule has 0 aliphatic carbocycles. The third-order valence-corrected chi connectivity index (χ3v) is 5.01. The molecule has 1 aliphatic heterocycles. The molecule has 0 saturated carbocycles. The molecule has 0 unspecified atom stereocenters. The van der Waals surface area contributed by atoms with Crippen molar-refractivity contribution in [3.8, 4) is 5.75 Å². The van der Waals surface area contributed by atoms with Crippen molar-refractivity contribution in [2.45, 2.75) is 63.8 Å². The molecule has 0 atom stereocenters. The Labute approximate surface area is 140 Å². The van der Waals surface area contributed by atoms with Gasteiger partial charge in [0, 0.05) is 0 Å². The Bertz CT molecular complexity index is 504. The SMILES string of the molecule is CCCC(CCC)(N=O)c1cc(OC)cc(C2CCNCC2)c1. The molecular formula is C19H30N2O2. The van der Waals surface area contributed by atoms with Gasteiger partial charge in [-0.2, -0.15) is 0 Å². The highest BCUT2D eigenvalue weighted by Crippen LogP contribution is 2.40. The van der Waals surface area contributed by atoms with Crippen molar-refractivity contribution in [1.29, 1.82) is 0 Å². The number of hydrogen-bond donors (Lipinski definition) is 1. The van der Waals surface area contributed by atoms with E-state index in [1.807, 2.05) is 6.07 Å². The van der Waals surface area contributed by atoms with E-state index in [1.54, 1.807) is 7.11 Å². The van der Waals surface area contributed by atoms with Gasteiger partial charge in [0.05, 0.1) is 7.11 Å². The Kier molecular flexibility index (Phi) is 6.58. The number of nitrogens with one attached hydrogen (secondary N) is 1. The van der Waals surface area contributed by atoms with Gasteiger partial charge in [0.15, 0.2) is 0 Å². The van der Waals surface area contributed by atoms with Crippen molar-refractivity contribution in [3.63, 3.8) is 0 Å². The highest BCUT2D eigenvalue weighted by Gasteiger charge is 2.33. The van der Waals surface area contributed by atoms with Gasteiger partial charge in [-0.25, -0.2) is 0 Å². The number of nitroso groups, excluding NO2 is 1. The van der Waals surface area contributed by atoms with Crippen LogP contribution in [0.5, 0.6) is 5.75 Å². The van der Waals surface area contributed by atoms with Gasteiger partial charge in [-0.1, -0.05) is 37.9 Å². The molecule has 2 rings (SSSR count). The molecule has 1 aromatic rings. The summed E-state index contributed by atoms with van der Waals surface area (Å²) in [7, 11) is 1.70. The molecular weight excluding hydrogens is 288 g/mol. The number of hydrogen-bond acceptors (Lipinski definition) is 4. The number of benzene rings is 1. The molecule has 23 heavy (non-hydrogen) atoms. The van der Waals surface area contributed by atoms with E-state index in [1.165, 1.54) is 5.56 Å². The summed E-state index contributed by atoms with van der Waals surface area (Å²) in [4.78, 5) is 11.8. The first-order chi connectivity index (χ1) is 11.2. The van der Waals surface area contributed by atoms with Crippen LogP contribution in [-0.2, 0) is 5.54 Å². The maximum Gasteiger partial charge on any atom is 0.128 e. The van der Waals surface area contributed by atoms with E-state index in [-0.39, 0.29) is 0 Å². The first-order valence-electron chi connectivity index (χ1n) is 8.93. The summed E-state index contributed by atoms with van der Waals surface area (Å²) >= 11 is 0. The number of piperidine rings is 1. The minimum absolute atomic E-state index is 0.540. The molecule has 1 fully saturated rings. The number of ether oxygens (including phenoxy) is 1. The molecule has 1 saturated heterocycles. The van der Waals surface area contributed by atoms with Gasteiger partial charge >= 0.3 is 0 Å². The van der Waals surface area contributed by atoms with Crippen LogP contribution >= 0.6 is 0 Å². The molecule has 0 amide bonds. The largest absolute Gasteiger partial charge is 0.497 e. The molecule has 0 aromatic heterocycles. The first kappa shape index (κ1) is 17.9. The number of methoxy groups -OCH3 is 1. The maximum atomic E-state index is 11.8. The topological polar surface area (TPSA) is 50.7 Å². The summed E-state index contributed by atoms with van der Waals surface area (Å²) in [6.45, 7) is 6.34. The average Bonchev–Trinajstić information content (AvgIpc) is 2.61. The van der Waals surface area contributed by atoms with Gasteiger partial charge in [-0.05, 0) is 68.0 Å². The molecule has 0 spiro atoms. The van der Waals surface area contributed by atoms with Crippen LogP contribution in [0.15, 0.2) is 23.4 Å². The van der Waals surface area contributed by atoms with E-state index in [2.05, 4.69) is 36.5 Å². The zero-order valence-electron chi connectivity index (χ0n) is 14.7. The summed E-state index contributed by atoms with van der Waals surface area (Å²) in [5.74, 6) is 1.38. The molecule has 4 nitrogen and oxygen atoms in total. The molecule has 0 radical (unpaired) electrons. The minimum Gasteiger partial charge on any atom is -0.497 e. The average molecular weight is 318 g/mol. The fraction of sp³-hybridized carbons (Fsp3) is 0.684. The lowest BCUT2D eigenvalue weighted by molar-refractivity contribution is 0.362. The maximum absolute atomic E-state index is 11.8. The third kappa shape index (κ3) is 4.11. The van der Waals surface area contributed by atoms with Crippen molar-refractivity contribution in [2.24, 2.45) is 5.18 Å². The molecule has 1 aliphatic rings. The van der Waals surface area contributed by atoms with Gasteiger partial charge in [0.25, 0.3) is 0 Å². The number of nitrogens with zero attached hydrogens (tertiary/aromatic N) is 1. The van der Waals surface area contributed by atoms with Crippen molar-refractivity contribution in [1.82, 2.24) is 5.32 Å². The van der Waals surface area contributed by atoms with Gasteiger partial charge < -0.3 is 10.1 Å². The molecule has 4 heteroatoms. The fourth-order valence-electron chi connectivity index (χ4n) is 3.78. The predicted octanol–water partition coefficient (Wildman–Crippen LogP) is 4.72. The van der Waals surface area contributed by atoms with E-state index in [0.717, 1.165) is 62.9 Å². The Morgan fingerprint density at radius 1 is 1.17 bits per heavy atom. The van der Waals surface area contributed by atoms with Crippen molar-refractivity contribution < 1.29 is 4.74 Å². The van der Waals surface area contributed by atoms with E-state index < -0.39 is 5.54 Å². The predicted molar refractivity (Wildman–Crippen MR) is 95.1 cm³/mol. The van der Waals surface area contributed by atoms with E-state index in [0.29, 0.717) is 5.92 Å². The quantitative estimate of drug-likeness (QED) is 0.705. The van der Waals surface area contributed by atoms with Crippen LogP contribution in [-0.4, -0.2) is 20.2 Å². The molecule has 0 bridgehead atoms. The highest BCUT2D eigenvalue weighted by atomic mass is 16.5. The Hall–Kier alpha value is -1.42. The van der Waals surface area contributed by atoms with Gasteiger partial charge in [0.2, 0.25) is 0 Å². The van der Waals surface area contributed by atoms with Crippen LogP contribution in [0.3, 0.4) is 0 Å². The monoisotopic (exact) mass is 318 g/mol. The number of rotatable bonds is 8. The minimum atomic E-state index is -0.611. The summed E-state index contributed by atoms with van der Waals surface area (Å²) in [5, 5.41) is 7.02. The van der Waals surface area contributed by atoms with Crippen LogP contribution in [0, 0.1) is 4.91 Å². The van der Waals surface area contributed by atoms with Crippen LogP contribution in [0.2, 0.25) is 0 Å². The lowest BCUT2D eigenvalue weighted by Gasteiger charge is -2.29. The first-order valence-corrected chi connectivity index (χ1v) is 8.93. The summed E-state index contributed by atoms with van der Waals surface area (Å²) in [5.41, 5.74) is 1.71. The third-order valence-electron chi connectivity index (χ3n) is 5.01. The molecule has 1 heterocycles.